The maximum atomic E-state index is 12.7. The van der Waals surface area contributed by atoms with Crippen molar-refractivity contribution in [3.63, 3.8) is 0 Å². The Kier molecular flexibility index (Phi) is 3.27. The van der Waals surface area contributed by atoms with E-state index < -0.39 is 0 Å². The summed E-state index contributed by atoms with van der Waals surface area (Å²) < 4.78 is 6.65. The number of amides is 1. The molecule has 0 saturated carbocycles. The molecule has 21 heavy (non-hydrogen) atoms. The fourth-order valence-electron chi connectivity index (χ4n) is 3.50. The lowest BCUT2D eigenvalue weighted by Crippen LogP contribution is -2.41. The molecule has 2 saturated heterocycles. The molecule has 0 spiro atoms. The van der Waals surface area contributed by atoms with E-state index in [1.165, 1.54) is 12.8 Å². The lowest BCUT2D eigenvalue weighted by atomic mass is 9.94. The Morgan fingerprint density at radius 2 is 2.29 bits per heavy atom. The minimum atomic E-state index is 0.00861. The summed E-state index contributed by atoms with van der Waals surface area (Å²) in [7, 11) is 0. The molecule has 4 nitrogen and oxygen atoms in total. The number of rotatable bonds is 1. The third-order valence-corrected chi connectivity index (χ3v) is 5.22. The number of furan rings is 1. The molecule has 2 fully saturated rings. The summed E-state index contributed by atoms with van der Waals surface area (Å²) in [5, 5.41) is 4.48. The predicted molar refractivity (Wildman–Crippen MR) is 84.3 cm³/mol. The molecule has 2 aliphatic rings. The zero-order chi connectivity index (χ0) is 14.4. The minimum Gasteiger partial charge on any atom is -0.450 e. The molecule has 0 unspecified atom stereocenters. The Balaban J connectivity index is 1.60. The number of hydrogen-bond donors (Lipinski definition) is 1. The van der Waals surface area contributed by atoms with Crippen molar-refractivity contribution in [2.24, 2.45) is 5.92 Å². The van der Waals surface area contributed by atoms with Gasteiger partial charge >= 0.3 is 0 Å². The number of carbonyl (C=O) groups is 1. The van der Waals surface area contributed by atoms with E-state index >= 15 is 0 Å². The van der Waals surface area contributed by atoms with Gasteiger partial charge in [-0.1, -0.05) is 12.1 Å². The molecule has 1 aromatic heterocycles. The summed E-state index contributed by atoms with van der Waals surface area (Å²) in [6.45, 7) is 2.71. The van der Waals surface area contributed by atoms with Gasteiger partial charge in [0.1, 0.15) is 5.58 Å². The molecule has 5 heteroatoms. The number of carbonyl (C=O) groups excluding carboxylic acids is 1. The van der Waals surface area contributed by atoms with Crippen molar-refractivity contribution in [2.45, 2.75) is 18.9 Å². The van der Waals surface area contributed by atoms with Gasteiger partial charge < -0.3 is 14.6 Å². The van der Waals surface area contributed by atoms with Crippen LogP contribution in [0, 0.1) is 5.92 Å². The number of hydrogen-bond acceptors (Lipinski definition) is 3. The smallest absolute Gasteiger partial charge is 0.289 e. The van der Waals surface area contributed by atoms with Gasteiger partial charge in [0.15, 0.2) is 5.76 Å². The first-order chi connectivity index (χ1) is 10.2. The summed E-state index contributed by atoms with van der Waals surface area (Å²) in [5.74, 6) is 1.05. The fraction of sp³-hybridized carbons (Fsp3) is 0.438. The number of likely N-dealkylation sites (tertiary alicyclic amines) is 1. The van der Waals surface area contributed by atoms with Gasteiger partial charge in [0.25, 0.3) is 5.91 Å². The van der Waals surface area contributed by atoms with Gasteiger partial charge in [0.2, 0.25) is 0 Å². The van der Waals surface area contributed by atoms with Crippen LogP contribution in [0.5, 0.6) is 0 Å². The molecule has 2 aromatic rings. The molecular formula is C16H17BrN2O2. The van der Waals surface area contributed by atoms with Crippen molar-refractivity contribution in [2.75, 3.05) is 19.6 Å². The monoisotopic (exact) mass is 348 g/mol. The summed E-state index contributed by atoms with van der Waals surface area (Å²) in [5.41, 5.74) is 0.746. The standard InChI is InChI=1S/C16H17BrN2O2/c17-12-5-1-3-10-7-14(21-15(10)12)16(20)19-8-11-4-2-6-18-13(11)9-19/h1,3,5,7,11,13,18H,2,4,6,8-9H2/t11-,13+/m0/s1. The highest BCUT2D eigenvalue weighted by atomic mass is 79.9. The SMILES string of the molecule is O=C(c1cc2cccc(Br)c2o1)N1C[C@@H]2CCCN[C@@H]2C1. The number of fused-ring (bicyclic) bond motifs is 2. The topological polar surface area (TPSA) is 45.5 Å². The van der Waals surface area contributed by atoms with E-state index in [-0.39, 0.29) is 5.91 Å². The predicted octanol–water partition coefficient (Wildman–Crippen LogP) is 3.02. The van der Waals surface area contributed by atoms with Gasteiger partial charge in [0, 0.05) is 24.5 Å². The maximum Gasteiger partial charge on any atom is 0.289 e. The van der Waals surface area contributed by atoms with E-state index in [0.29, 0.717) is 17.7 Å². The lowest BCUT2D eigenvalue weighted by molar-refractivity contribution is 0.0756. The molecule has 0 aliphatic carbocycles. The van der Waals surface area contributed by atoms with Crippen molar-refractivity contribution in [1.29, 1.82) is 0 Å². The van der Waals surface area contributed by atoms with Crippen LogP contribution in [-0.4, -0.2) is 36.5 Å². The number of para-hydroxylation sites is 1. The molecule has 110 valence electrons. The van der Waals surface area contributed by atoms with Gasteiger partial charge in [-0.15, -0.1) is 0 Å². The van der Waals surface area contributed by atoms with Gasteiger partial charge in [-0.25, -0.2) is 0 Å². The van der Waals surface area contributed by atoms with Crippen LogP contribution >= 0.6 is 15.9 Å². The average molecular weight is 349 g/mol. The van der Waals surface area contributed by atoms with Crippen LogP contribution in [-0.2, 0) is 0 Å². The first-order valence-electron chi connectivity index (χ1n) is 7.43. The van der Waals surface area contributed by atoms with Crippen LogP contribution in [0.3, 0.4) is 0 Å². The van der Waals surface area contributed by atoms with E-state index in [4.69, 9.17) is 4.42 Å². The highest BCUT2D eigenvalue weighted by molar-refractivity contribution is 9.10. The molecule has 0 bridgehead atoms. The molecule has 2 atom stereocenters. The van der Waals surface area contributed by atoms with Crippen molar-refractivity contribution < 1.29 is 9.21 Å². The zero-order valence-corrected chi connectivity index (χ0v) is 13.2. The van der Waals surface area contributed by atoms with Gasteiger partial charge in [0.05, 0.1) is 4.47 Å². The average Bonchev–Trinajstić information content (AvgIpc) is 3.11. The fourth-order valence-corrected chi connectivity index (χ4v) is 3.96. The lowest BCUT2D eigenvalue weighted by Gasteiger charge is -2.24. The number of nitrogens with zero attached hydrogens (tertiary/aromatic N) is 1. The summed E-state index contributed by atoms with van der Waals surface area (Å²) in [4.78, 5) is 14.6. The zero-order valence-electron chi connectivity index (χ0n) is 11.6. The highest BCUT2D eigenvalue weighted by Crippen LogP contribution is 2.30. The van der Waals surface area contributed by atoms with Crippen molar-refractivity contribution in [3.05, 3.63) is 34.5 Å². The quantitative estimate of drug-likeness (QED) is 0.861. The van der Waals surface area contributed by atoms with Crippen molar-refractivity contribution in [1.82, 2.24) is 10.2 Å². The van der Waals surface area contributed by atoms with Crippen molar-refractivity contribution in [3.8, 4) is 0 Å². The van der Waals surface area contributed by atoms with E-state index in [0.717, 1.165) is 35.1 Å². The number of nitrogens with one attached hydrogen (secondary N) is 1. The van der Waals surface area contributed by atoms with E-state index in [1.54, 1.807) is 0 Å². The summed E-state index contributed by atoms with van der Waals surface area (Å²) >= 11 is 3.46. The van der Waals surface area contributed by atoms with Crippen LogP contribution in [0.2, 0.25) is 0 Å². The van der Waals surface area contributed by atoms with Crippen LogP contribution in [0.4, 0.5) is 0 Å². The highest BCUT2D eigenvalue weighted by Gasteiger charge is 2.37. The third kappa shape index (κ3) is 2.28. The van der Waals surface area contributed by atoms with Gasteiger partial charge in [-0.05, 0) is 53.4 Å². The summed E-state index contributed by atoms with van der Waals surface area (Å²) in [6, 6.07) is 8.14. The van der Waals surface area contributed by atoms with Crippen LogP contribution in [0.1, 0.15) is 23.4 Å². The molecular weight excluding hydrogens is 332 g/mol. The Labute approximate surface area is 131 Å². The first kappa shape index (κ1) is 13.3. The maximum absolute atomic E-state index is 12.7. The van der Waals surface area contributed by atoms with Gasteiger partial charge in [-0.3, -0.25) is 4.79 Å². The Hall–Kier alpha value is -1.33. The normalized spacial score (nSPS) is 25.3. The number of halogens is 1. The Bertz CT molecular complexity index is 683. The summed E-state index contributed by atoms with van der Waals surface area (Å²) in [6.07, 6.45) is 2.42. The van der Waals surface area contributed by atoms with E-state index in [2.05, 4.69) is 21.2 Å². The molecule has 1 aromatic carbocycles. The second-order valence-corrected chi connectivity index (χ2v) is 6.80. The second kappa shape index (κ2) is 5.14. The molecule has 1 amide bonds. The Morgan fingerprint density at radius 1 is 1.38 bits per heavy atom. The van der Waals surface area contributed by atoms with Gasteiger partial charge in [-0.2, -0.15) is 0 Å². The molecule has 2 aliphatic heterocycles. The molecule has 0 radical (unpaired) electrons. The van der Waals surface area contributed by atoms with Crippen LogP contribution in [0.15, 0.2) is 33.2 Å². The largest absolute Gasteiger partial charge is 0.450 e. The van der Waals surface area contributed by atoms with Crippen LogP contribution in [0.25, 0.3) is 11.0 Å². The minimum absolute atomic E-state index is 0.00861. The van der Waals surface area contributed by atoms with E-state index in [1.807, 2.05) is 29.2 Å². The van der Waals surface area contributed by atoms with E-state index in [9.17, 15) is 4.79 Å². The first-order valence-corrected chi connectivity index (χ1v) is 8.22. The molecule has 4 rings (SSSR count). The third-order valence-electron chi connectivity index (χ3n) is 4.59. The number of benzene rings is 1. The van der Waals surface area contributed by atoms with Crippen LogP contribution < -0.4 is 5.32 Å². The van der Waals surface area contributed by atoms with Crippen molar-refractivity contribution >= 4 is 32.8 Å². The molecule has 1 N–H and O–H groups in total. The molecule has 3 heterocycles. The Morgan fingerprint density at radius 3 is 3.10 bits per heavy atom. The second-order valence-electron chi connectivity index (χ2n) is 5.94. The number of piperidine rings is 1.